The van der Waals surface area contributed by atoms with E-state index in [2.05, 4.69) is 5.32 Å². The fourth-order valence-corrected chi connectivity index (χ4v) is 2.76. The van der Waals surface area contributed by atoms with Gasteiger partial charge in [0.2, 0.25) is 5.91 Å². The van der Waals surface area contributed by atoms with Crippen molar-refractivity contribution in [1.82, 2.24) is 9.13 Å². The lowest BCUT2D eigenvalue weighted by molar-refractivity contribution is -0.116. The minimum atomic E-state index is -0.767. The maximum absolute atomic E-state index is 12.5. The Hall–Kier alpha value is -3.61. The van der Waals surface area contributed by atoms with Crippen LogP contribution in [0, 0.1) is 6.92 Å². The Bertz CT molecular complexity index is 1100. The number of nitrogens with zero attached hydrogens (tertiary/aromatic N) is 2. The average molecular weight is 379 g/mol. The first-order valence-corrected chi connectivity index (χ1v) is 8.90. The monoisotopic (exact) mass is 379 g/mol. The van der Waals surface area contributed by atoms with Crippen LogP contribution in [-0.2, 0) is 11.3 Å². The summed E-state index contributed by atoms with van der Waals surface area (Å²) in [5, 5.41) is 2.75. The zero-order valence-electron chi connectivity index (χ0n) is 15.7. The Morgan fingerprint density at radius 3 is 2.39 bits per heavy atom. The van der Waals surface area contributed by atoms with Gasteiger partial charge in [0.1, 0.15) is 12.3 Å². The van der Waals surface area contributed by atoms with Gasteiger partial charge in [0.15, 0.2) is 0 Å². The van der Waals surface area contributed by atoms with Gasteiger partial charge >= 0.3 is 11.1 Å². The van der Waals surface area contributed by atoms with Gasteiger partial charge in [-0.1, -0.05) is 18.2 Å². The molecule has 3 rings (SSSR count). The number of aryl methyl sites for hydroxylation is 1. The third-order valence-corrected chi connectivity index (χ3v) is 4.22. The van der Waals surface area contributed by atoms with Crippen LogP contribution in [0.2, 0.25) is 0 Å². The fourth-order valence-electron chi connectivity index (χ4n) is 2.76. The molecule has 0 saturated carbocycles. The predicted molar refractivity (Wildman–Crippen MR) is 107 cm³/mol. The molecule has 144 valence electrons. The molecule has 0 aliphatic carbocycles. The van der Waals surface area contributed by atoms with Gasteiger partial charge in [-0.3, -0.25) is 23.5 Å². The van der Waals surface area contributed by atoms with E-state index in [1.807, 2.05) is 32.0 Å². The number of para-hydroxylation sites is 1. The maximum atomic E-state index is 12.5. The predicted octanol–water partition coefficient (Wildman–Crippen LogP) is 2.35. The van der Waals surface area contributed by atoms with Crippen molar-refractivity contribution in [2.45, 2.75) is 20.4 Å². The number of carbonyl (C=O) groups is 1. The van der Waals surface area contributed by atoms with Crippen molar-refractivity contribution in [2.75, 3.05) is 11.9 Å². The van der Waals surface area contributed by atoms with Gasteiger partial charge in [-0.2, -0.15) is 0 Å². The molecule has 7 heteroatoms. The Balaban J connectivity index is 1.80. The second kappa shape index (κ2) is 8.39. The summed E-state index contributed by atoms with van der Waals surface area (Å²) >= 11 is 0. The third-order valence-electron chi connectivity index (χ3n) is 4.22. The molecule has 0 bridgehead atoms. The molecule has 0 radical (unpaired) electrons. The first kappa shape index (κ1) is 19.2. The summed E-state index contributed by atoms with van der Waals surface area (Å²) in [6.45, 7) is 4.06. The number of nitrogens with one attached hydrogen (secondary N) is 1. The minimum Gasteiger partial charge on any atom is -0.494 e. The van der Waals surface area contributed by atoms with E-state index in [9.17, 15) is 14.4 Å². The normalized spacial score (nSPS) is 10.5. The second-order valence-electron chi connectivity index (χ2n) is 6.20. The Labute approximate surface area is 161 Å². The lowest BCUT2D eigenvalue weighted by Gasteiger charge is -2.11. The lowest BCUT2D eigenvalue weighted by atomic mass is 10.2. The second-order valence-corrected chi connectivity index (χ2v) is 6.20. The van der Waals surface area contributed by atoms with E-state index >= 15 is 0 Å². The molecule has 0 aliphatic rings. The van der Waals surface area contributed by atoms with Crippen molar-refractivity contribution in [3.8, 4) is 11.4 Å². The number of amides is 1. The highest BCUT2D eigenvalue weighted by molar-refractivity contribution is 5.91. The number of rotatable bonds is 6. The SMILES string of the molecule is CCOc1ccc(-n2ccn(CC(=O)Nc3ccccc3C)c(=O)c2=O)cc1. The Morgan fingerprint density at radius 1 is 1.00 bits per heavy atom. The zero-order chi connectivity index (χ0) is 20.1. The summed E-state index contributed by atoms with van der Waals surface area (Å²) in [5.74, 6) is 0.301. The van der Waals surface area contributed by atoms with Crippen molar-refractivity contribution in [3.63, 3.8) is 0 Å². The molecule has 0 atom stereocenters. The lowest BCUT2D eigenvalue weighted by Crippen LogP contribution is -2.41. The van der Waals surface area contributed by atoms with Gasteiger partial charge < -0.3 is 10.1 Å². The van der Waals surface area contributed by atoms with Crippen LogP contribution < -0.4 is 21.2 Å². The van der Waals surface area contributed by atoms with Crippen LogP contribution in [0.4, 0.5) is 5.69 Å². The zero-order valence-corrected chi connectivity index (χ0v) is 15.7. The molecule has 3 aromatic rings. The van der Waals surface area contributed by atoms with Crippen molar-refractivity contribution >= 4 is 11.6 Å². The molecule has 0 spiro atoms. The van der Waals surface area contributed by atoms with Crippen LogP contribution in [0.25, 0.3) is 5.69 Å². The number of anilines is 1. The summed E-state index contributed by atoms with van der Waals surface area (Å²) < 4.78 is 7.72. The third kappa shape index (κ3) is 4.20. The van der Waals surface area contributed by atoms with E-state index in [1.165, 1.54) is 17.0 Å². The van der Waals surface area contributed by atoms with Gasteiger partial charge in [-0.15, -0.1) is 0 Å². The van der Waals surface area contributed by atoms with Crippen LogP contribution in [0.3, 0.4) is 0 Å². The van der Waals surface area contributed by atoms with E-state index in [1.54, 1.807) is 30.3 Å². The van der Waals surface area contributed by atoms with Gasteiger partial charge in [-0.25, -0.2) is 0 Å². The molecule has 28 heavy (non-hydrogen) atoms. The molecule has 7 nitrogen and oxygen atoms in total. The highest BCUT2D eigenvalue weighted by atomic mass is 16.5. The summed E-state index contributed by atoms with van der Waals surface area (Å²) in [6.07, 6.45) is 2.90. The topological polar surface area (TPSA) is 82.3 Å². The van der Waals surface area contributed by atoms with Gasteiger partial charge in [-0.05, 0) is 49.7 Å². The van der Waals surface area contributed by atoms with Crippen LogP contribution in [0.1, 0.15) is 12.5 Å². The van der Waals surface area contributed by atoms with Gasteiger partial charge in [0, 0.05) is 23.8 Å². The quantitative estimate of drug-likeness (QED) is 0.667. The first-order valence-electron chi connectivity index (χ1n) is 8.90. The van der Waals surface area contributed by atoms with E-state index in [-0.39, 0.29) is 12.5 Å². The van der Waals surface area contributed by atoms with Crippen LogP contribution >= 0.6 is 0 Å². The van der Waals surface area contributed by atoms with Gasteiger partial charge in [0.05, 0.1) is 6.61 Å². The molecule has 0 aliphatic heterocycles. The van der Waals surface area contributed by atoms with Crippen molar-refractivity contribution < 1.29 is 9.53 Å². The number of aromatic nitrogens is 2. The smallest absolute Gasteiger partial charge is 0.320 e. The molecule has 0 unspecified atom stereocenters. The van der Waals surface area contributed by atoms with Crippen molar-refractivity contribution in [1.29, 1.82) is 0 Å². The molecular weight excluding hydrogens is 358 g/mol. The van der Waals surface area contributed by atoms with E-state index in [4.69, 9.17) is 4.74 Å². The molecule has 0 fully saturated rings. The standard InChI is InChI=1S/C21H21N3O4/c1-3-28-17-10-8-16(9-11-17)24-13-12-23(20(26)21(24)27)14-19(25)22-18-7-5-4-6-15(18)2/h4-13H,3,14H2,1-2H3,(H,22,25). The van der Waals surface area contributed by atoms with Crippen LogP contribution in [0.5, 0.6) is 5.75 Å². The number of carbonyl (C=O) groups excluding carboxylic acids is 1. The number of hydrogen-bond donors (Lipinski definition) is 1. The molecule has 1 amide bonds. The molecular formula is C21H21N3O4. The van der Waals surface area contributed by atoms with Crippen molar-refractivity contribution in [3.05, 3.63) is 87.2 Å². The summed E-state index contributed by atoms with van der Waals surface area (Å²) in [5.41, 5.74) is 0.631. The highest BCUT2D eigenvalue weighted by Crippen LogP contribution is 2.14. The summed E-state index contributed by atoms with van der Waals surface area (Å²) in [6, 6.07) is 14.2. The van der Waals surface area contributed by atoms with Crippen molar-refractivity contribution in [2.24, 2.45) is 0 Å². The average Bonchev–Trinajstić information content (AvgIpc) is 2.69. The summed E-state index contributed by atoms with van der Waals surface area (Å²) in [4.78, 5) is 37.1. The van der Waals surface area contributed by atoms with Gasteiger partial charge in [0.25, 0.3) is 0 Å². The minimum absolute atomic E-state index is 0.244. The first-order chi connectivity index (χ1) is 13.5. The van der Waals surface area contributed by atoms with Crippen LogP contribution in [0.15, 0.2) is 70.5 Å². The molecule has 1 N–H and O–H groups in total. The maximum Gasteiger partial charge on any atom is 0.320 e. The molecule has 1 aromatic heterocycles. The number of ether oxygens (including phenoxy) is 1. The van der Waals surface area contributed by atoms with E-state index in [0.717, 1.165) is 10.1 Å². The Morgan fingerprint density at radius 2 is 1.71 bits per heavy atom. The number of hydrogen-bond acceptors (Lipinski definition) is 4. The number of benzene rings is 2. The fraction of sp³-hybridized carbons (Fsp3) is 0.190. The van der Waals surface area contributed by atoms with E-state index in [0.29, 0.717) is 23.7 Å². The molecule has 2 aromatic carbocycles. The largest absolute Gasteiger partial charge is 0.494 e. The molecule has 0 saturated heterocycles. The Kier molecular flexibility index (Phi) is 5.74. The molecule has 1 heterocycles. The summed E-state index contributed by atoms with van der Waals surface area (Å²) in [7, 11) is 0. The van der Waals surface area contributed by atoms with Crippen LogP contribution in [-0.4, -0.2) is 21.6 Å². The highest BCUT2D eigenvalue weighted by Gasteiger charge is 2.11. The van der Waals surface area contributed by atoms with E-state index < -0.39 is 11.1 Å².